The summed E-state index contributed by atoms with van der Waals surface area (Å²) in [4.78, 5) is 31.0. The Bertz CT molecular complexity index is 854. The SMILES string of the molecule is O=C(NC(C(=O)N1CCOCC1)c1ccccc1)c1ccc(OCC(F)(F)F)nc1. The van der Waals surface area contributed by atoms with Gasteiger partial charge >= 0.3 is 6.18 Å². The summed E-state index contributed by atoms with van der Waals surface area (Å²) >= 11 is 0. The van der Waals surface area contributed by atoms with Crippen LogP contribution < -0.4 is 10.1 Å². The molecule has 0 saturated carbocycles. The molecular weight excluding hydrogens is 403 g/mol. The van der Waals surface area contributed by atoms with Crippen LogP contribution in [0.2, 0.25) is 0 Å². The van der Waals surface area contributed by atoms with E-state index in [1.54, 1.807) is 35.2 Å². The number of aromatic nitrogens is 1. The van der Waals surface area contributed by atoms with Crippen molar-refractivity contribution in [2.24, 2.45) is 0 Å². The summed E-state index contributed by atoms with van der Waals surface area (Å²) < 4.78 is 46.5. The van der Waals surface area contributed by atoms with Gasteiger partial charge in [-0.1, -0.05) is 30.3 Å². The minimum absolute atomic E-state index is 0.0880. The molecule has 3 rings (SSSR count). The maximum absolute atomic E-state index is 13.0. The van der Waals surface area contributed by atoms with E-state index in [1.165, 1.54) is 12.1 Å². The number of halogens is 3. The number of carbonyl (C=O) groups excluding carboxylic acids is 2. The van der Waals surface area contributed by atoms with Crippen LogP contribution in [0.5, 0.6) is 5.88 Å². The molecule has 0 spiro atoms. The Labute approximate surface area is 170 Å². The van der Waals surface area contributed by atoms with Crippen molar-refractivity contribution >= 4 is 11.8 Å². The van der Waals surface area contributed by atoms with Crippen LogP contribution in [0, 0.1) is 0 Å². The molecule has 1 aliphatic heterocycles. The smallest absolute Gasteiger partial charge is 0.422 e. The molecule has 1 fully saturated rings. The number of ether oxygens (including phenoxy) is 2. The van der Waals surface area contributed by atoms with E-state index in [9.17, 15) is 22.8 Å². The zero-order valence-electron chi connectivity index (χ0n) is 15.9. The number of rotatable bonds is 6. The standard InChI is InChI=1S/C20H20F3N3O4/c21-20(22,23)13-30-16-7-6-15(12-24-16)18(27)25-17(14-4-2-1-3-5-14)19(28)26-8-10-29-11-9-26/h1-7,12,17H,8-11,13H2,(H,25,27). The number of hydrogen-bond acceptors (Lipinski definition) is 5. The molecule has 2 aromatic rings. The van der Waals surface area contributed by atoms with Crippen LogP contribution in [0.1, 0.15) is 22.0 Å². The Morgan fingerprint density at radius 3 is 2.43 bits per heavy atom. The van der Waals surface area contributed by atoms with Crippen LogP contribution in [0.15, 0.2) is 48.7 Å². The lowest BCUT2D eigenvalue weighted by molar-refractivity contribution is -0.154. The van der Waals surface area contributed by atoms with Gasteiger partial charge in [0.25, 0.3) is 5.91 Å². The van der Waals surface area contributed by atoms with Gasteiger partial charge in [0.2, 0.25) is 11.8 Å². The fourth-order valence-electron chi connectivity index (χ4n) is 2.87. The maximum Gasteiger partial charge on any atom is 0.422 e. The van der Waals surface area contributed by atoms with E-state index >= 15 is 0 Å². The zero-order valence-corrected chi connectivity index (χ0v) is 15.9. The number of carbonyl (C=O) groups is 2. The number of morpholine rings is 1. The van der Waals surface area contributed by atoms with Crippen LogP contribution in [0.25, 0.3) is 0 Å². The highest BCUT2D eigenvalue weighted by Gasteiger charge is 2.30. The van der Waals surface area contributed by atoms with Gasteiger partial charge in [-0.05, 0) is 11.6 Å². The first kappa shape index (κ1) is 21.6. The summed E-state index contributed by atoms with van der Waals surface area (Å²) in [5.74, 6) is -1.11. The van der Waals surface area contributed by atoms with Gasteiger partial charge in [0.05, 0.1) is 18.8 Å². The summed E-state index contributed by atoms with van der Waals surface area (Å²) in [6.07, 6.45) is -3.39. The van der Waals surface area contributed by atoms with Crippen molar-refractivity contribution in [3.05, 3.63) is 59.8 Å². The van der Waals surface area contributed by atoms with Gasteiger partial charge in [-0.2, -0.15) is 13.2 Å². The number of hydrogen-bond donors (Lipinski definition) is 1. The summed E-state index contributed by atoms with van der Waals surface area (Å²) in [6, 6.07) is 10.3. The van der Waals surface area contributed by atoms with Gasteiger partial charge in [-0.25, -0.2) is 4.98 Å². The Balaban J connectivity index is 1.72. The summed E-state index contributed by atoms with van der Waals surface area (Å²) in [7, 11) is 0. The number of nitrogens with one attached hydrogen (secondary N) is 1. The van der Waals surface area contributed by atoms with E-state index < -0.39 is 24.7 Å². The van der Waals surface area contributed by atoms with E-state index in [2.05, 4.69) is 15.0 Å². The third-order valence-corrected chi connectivity index (χ3v) is 4.36. The Morgan fingerprint density at radius 1 is 1.13 bits per heavy atom. The van der Waals surface area contributed by atoms with Crippen molar-refractivity contribution in [1.29, 1.82) is 0 Å². The molecule has 1 aromatic carbocycles. The lowest BCUT2D eigenvalue weighted by atomic mass is 10.0. The molecule has 10 heteroatoms. The average Bonchev–Trinajstić information content (AvgIpc) is 2.76. The van der Waals surface area contributed by atoms with E-state index in [4.69, 9.17) is 4.74 Å². The van der Waals surface area contributed by atoms with Crippen LogP contribution in [0.3, 0.4) is 0 Å². The van der Waals surface area contributed by atoms with E-state index in [-0.39, 0.29) is 17.4 Å². The molecule has 2 amide bonds. The zero-order chi connectivity index (χ0) is 21.6. The first-order valence-corrected chi connectivity index (χ1v) is 9.21. The maximum atomic E-state index is 13.0. The molecule has 1 aromatic heterocycles. The van der Waals surface area contributed by atoms with Gasteiger partial charge in [-0.15, -0.1) is 0 Å². The van der Waals surface area contributed by atoms with Crippen molar-refractivity contribution in [3.63, 3.8) is 0 Å². The molecule has 0 radical (unpaired) electrons. The van der Waals surface area contributed by atoms with Gasteiger partial charge in [0.15, 0.2) is 6.61 Å². The van der Waals surface area contributed by atoms with Crippen LogP contribution in [-0.4, -0.2) is 60.8 Å². The minimum Gasteiger partial charge on any atom is -0.468 e. The topological polar surface area (TPSA) is 80.8 Å². The predicted octanol–water partition coefficient (Wildman–Crippen LogP) is 2.35. The van der Waals surface area contributed by atoms with Crippen molar-refractivity contribution < 1.29 is 32.2 Å². The molecule has 2 heterocycles. The first-order chi connectivity index (χ1) is 14.3. The van der Waals surface area contributed by atoms with Gasteiger partial charge in [-0.3, -0.25) is 9.59 Å². The Morgan fingerprint density at radius 2 is 1.83 bits per heavy atom. The van der Waals surface area contributed by atoms with E-state index in [0.717, 1.165) is 6.20 Å². The Kier molecular flexibility index (Phi) is 6.88. The fraction of sp³-hybridized carbons (Fsp3) is 0.350. The highest BCUT2D eigenvalue weighted by Crippen LogP contribution is 2.19. The second kappa shape index (κ2) is 9.57. The number of nitrogens with zero attached hydrogens (tertiary/aromatic N) is 2. The summed E-state index contributed by atoms with van der Waals surface area (Å²) in [6.45, 7) is 0.209. The lowest BCUT2D eigenvalue weighted by Gasteiger charge is -2.31. The molecule has 1 saturated heterocycles. The molecule has 1 aliphatic rings. The van der Waals surface area contributed by atoms with Crippen molar-refractivity contribution in [1.82, 2.24) is 15.2 Å². The second-order valence-corrected chi connectivity index (χ2v) is 6.54. The monoisotopic (exact) mass is 423 g/mol. The molecule has 0 bridgehead atoms. The fourth-order valence-corrected chi connectivity index (χ4v) is 2.87. The lowest BCUT2D eigenvalue weighted by Crippen LogP contribution is -2.47. The highest BCUT2D eigenvalue weighted by atomic mass is 19.4. The largest absolute Gasteiger partial charge is 0.468 e. The average molecular weight is 423 g/mol. The molecule has 30 heavy (non-hydrogen) atoms. The Hall–Kier alpha value is -3.14. The molecule has 1 N–H and O–H groups in total. The minimum atomic E-state index is -4.49. The van der Waals surface area contributed by atoms with Crippen LogP contribution >= 0.6 is 0 Å². The van der Waals surface area contributed by atoms with Crippen molar-refractivity contribution in [2.45, 2.75) is 12.2 Å². The van der Waals surface area contributed by atoms with Crippen molar-refractivity contribution in [2.75, 3.05) is 32.9 Å². The molecule has 160 valence electrons. The van der Waals surface area contributed by atoms with Crippen LogP contribution in [0.4, 0.5) is 13.2 Å². The van der Waals surface area contributed by atoms with Gasteiger partial charge in [0, 0.05) is 25.4 Å². The molecule has 1 unspecified atom stereocenters. The third kappa shape index (κ3) is 5.93. The van der Waals surface area contributed by atoms with Gasteiger partial charge < -0.3 is 19.7 Å². The number of benzene rings is 1. The van der Waals surface area contributed by atoms with Crippen LogP contribution in [-0.2, 0) is 9.53 Å². The summed E-state index contributed by atoms with van der Waals surface area (Å²) in [5, 5.41) is 2.69. The second-order valence-electron chi connectivity index (χ2n) is 6.54. The summed E-state index contributed by atoms with van der Waals surface area (Å²) in [5.41, 5.74) is 0.700. The normalized spacial score (nSPS) is 15.4. The predicted molar refractivity (Wildman–Crippen MR) is 99.8 cm³/mol. The first-order valence-electron chi connectivity index (χ1n) is 9.21. The molecule has 7 nitrogen and oxygen atoms in total. The molecule has 0 aliphatic carbocycles. The van der Waals surface area contributed by atoms with E-state index in [1.807, 2.05) is 0 Å². The number of alkyl halides is 3. The quantitative estimate of drug-likeness (QED) is 0.772. The number of amides is 2. The highest BCUT2D eigenvalue weighted by molar-refractivity contribution is 5.97. The van der Waals surface area contributed by atoms with Crippen molar-refractivity contribution in [3.8, 4) is 5.88 Å². The molecular formula is C20H20F3N3O4. The molecule has 1 atom stereocenters. The van der Waals surface area contributed by atoms with E-state index in [0.29, 0.717) is 31.9 Å². The number of pyridine rings is 1. The van der Waals surface area contributed by atoms with Gasteiger partial charge in [0.1, 0.15) is 6.04 Å². The third-order valence-electron chi connectivity index (χ3n) is 4.36.